The zero-order chi connectivity index (χ0) is 32.6. The van der Waals surface area contributed by atoms with Crippen LogP contribution >= 0.6 is 0 Å². The van der Waals surface area contributed by atoms with Crippen molar-refractivity contribution in [1.82, 2.24) is 14.5 Å². The number of carbonyl (C=O) groups is 1. The van der Waals surface area contributed by atoms with E-state index >= 15 is 0 Å². The van der Waals surface area contributed by atoms with Crippen molar-refractivity contribution in [2.24, 2.45) is 0 Å². The van der Waals surface area contributed by atoms with Gasteiger partial charge in [-0.05, 0) is 56.0 Å². The minimum Gasteiger partial charge on any atom is -0.381 e. The third-order valence-electron chi connectivity index (χ3n) is 9.13. The topological polar surface area (TPSA) is 129 Å². The summed E-state index contributed by atoms with van der Waals surface area (Å²) in [5.74, 6) is -2.18. The number of benzene rings is 2. The predicted octanol–water partition coefficient (Wildman–Crippen LogP) is 4.63. The molecule has 2 saturated heterocycles. The van der Waals surface area contributed by atoms with E-state index in [1.54, 1.807) is 6.07 Å². The molecule has 3 N–H and O–H groups in total. The molecule has 46 heavy (non-hydrogen) atoms. The second-order valence-corrected chi connectivity index (χ2v) is 14.8. The Labute approximate surface area is 267 Å². The van der Waals surface area contributed by atoms with Crippen LogP contribution in [0.25, 0.3) is 0 Å². The molecule has 11 nitrogen and oxygen atoms in total. The van der Waals surface area contributed by atoms with Gasteiger partial charge in [0.2, 0.25) is 10.0 Å². The van der Waals surface area contributed by atoms with Gasteiger partial charge in [-0.3, -0.25) is 9.89 Å². The van der Waals surface area contributed by atoms with E-state index in [0.29, 0.717) is 61.0 Å². The Hall–Kier alpha value is -3.59. The van der Waals surface area contributed by atoms with Gasteiger partial charge in [0.1, 0.15) is 11.6 Å². The Morgan fingerprint density at radius 3 is 2.35 bits per heavy atom. The Bertz CT molecular complexity index is 1680. The van der Waals surface area contributed by atoms with E-state index < -0.39 is 37.9 Å². The van der Waals surface area contributed by atoms with Gasteiger partial charge >= 0.3 is 0 Å². The molecule has 3 aliphatic heterocycles. The summed E-state index contributed by atoms with van der Waals surface area (Å²) < 4.78 is 67.3. The smallest absolute Gasteiger partial charge is 0.258 e. The largest absolute Gasteiger partial charge is 0.381 e. The van der Waals surface area contributed by atoms with Gasteiger partial charge in [0.15, 0.2) is 5.82 Å². The van der Waals surface area contributed by atoms with Gasteiger partial charge in [-0.15, -0.1) is 0 Å². The highest BCUT2D eigenvalue weighted by atomic mass is 32.2. The SMILES string of the molecule is CN(c1ccc(C(=O)Nc2n[nH]c3c2CN(S(=O)(=O)c2cc(F)cc(F)c2)CC3(C)C)c(NC2CCOCC2)c1)C1CCOCC1. The quantitative estimate of drug-likeness (QED) is 0.320. The van der Waals surface area contributed by atoms with Crippen molar-refractivity contribution in [2.75, 3.05) is 55.6 Å². The maximum Gasteiger partial charge on any atom is 0.258 e. The second-order valence-electron chi connectivity index (χ2n) is 12.9. The molecule has 0 saturated carbocycles. The van der Waals surface area contributed by atoms with Gasteiger partial charge in [-0.1, -0.05) is 13.8 Å². The van der Waals surface area contributed by atoms with Crippen molar-refractivity contribution in [3.63, 3.8) is 0 Å². The third-order valence-corrected chi connectivity index (χ3v) is 10.9. The summed E-state index contributed by atoms with van der Waals surface area (Å²) in [5.41, 5.74) is 2.50. The molecule has 14 heteroatoms. The number of aromatic amines is 1. The molecule has 4 heterocycles. The van der Waals surface area contributed by atoms with Gasteiger partial charge < -0.3 is 25.0 Å². The first kappa shape index (κ1) is 32.4. The molecule has 0 atom stereocenters. The van der Waals surface area contributed by atoms with Crippen molar-refractivity contribution < 1.29 is 31.5 Å². The van der Waals surface area contributed by atoms with Gasteiger partial charge in [-0.2, -0.15) is 9.40 Å². The normalized spacial score (nSPS) is 19.4. The predicted molar refractivity (Wildman–Crippen MR) is 170 cm³/mol. The minimum atomic E-state index is -4.28. The maximum atomic E-state index is 14.0. The number of hydrogen-bond acceptors (Lipinski definition) is 8. The molecule has 248 valence electrons. The van der Waals surface area contributed by atoms with Crippen LogP contribution in [0.2, 0.25) is 0 Å². The third kappa shape index (κ3) is 6.61. The highest BCUT2D eigenvalue weighted by Gasteiger charge is 2.41. The fourth-order valence-electron chi connectivity index (χ4n) is 6.52. The molecule has 6 rings (SSSR count). The molecule has 0 radical (unpaired) electrons. The van der Waals surface area contributed by atoms with E-state index in [1.807, 2.05) is 26.0 Å². The zero-order valence-corrected chi connectivity index (χ0v) is 27.1. The first-order valence-corrected chi connectivity index (χ1v) is 17.0. The first-order chi connectivity index (χ1) is 21.9. The van der Waals surface area contributed by atoms with Gasteiger partial charge in [0.25, 0.3) is 5.91 Å². The van der Waals surface area contributed by atoms with Crippen LogP contribution in [0.1, 0.15) is 61.1 Å². The van der Waals surface area contributed by atoms with E-state index in [4.69, 9.17) is 9.47 Å². The van der Waals surface area contributed by atoms with E-state index in [0.717, 1.165) is 47.8 Å². The number of ether oxygens (including phenoxy) is 2. The van der Waals surface area contributed by atoms with E-state index in [1.165, 1.54) is 0 Å². The lowest BCUT2D eigenvalue weighted by Gasteiger charge is -2.37. The number of sulfonamides is 1. The van der Waals surface area contributed by atoms with Crippen molar-refractivity contribution in [3.05, 3.63) is 64.9 Å². The number of carbonyl (C=O) groups excluding carboxylic acids is 1. The summed E-state index contributed by atoms with van der Waals surface area (Å²) in [6.45, 7) is 6.27. The van der Waals surface area contributed by atoms with Crippen LogP contribution in [0.3, 0.4) is 0 Å². The maximum absolute atomic E-state index is 14.0. The Kier molecular flexibility index (Phi) is 9.07. The van der Waals surface area contributed by atoms with Crippen molar-refractivity contribution in [1.29, 1.82) is 0 Å². The number of nitrogens with one attached hydrogen (secondary N) is 3. The standard InChI is InChI=1S/C32H40F2N6O5S/c1-32(2)19-40(46(42,43)25-15-20(33)14-21(34)16-25)18-27-29(32)37-38-30(27)36-31(41)26-5-4-24(39(3)23-8-12-45-13-9-23)17-28(26)35-22-6-10-44-11-7-22/h4-5,14-17,22-23,35H,6-13,18-19H2,1-3H3,(H2,36,37,38,41). The molecular formula is C32H40F2N6O5S. The molecule has 0 aliphatic carbocycles. The number of rotatable bonds is 8. The van der Waals surface area contributed by atoms with Crippen molar-refractivity contribution in [2.45, 2.75) is 68.5 Å². The molecule has 1 amide bonds. The Balaban J connectivity index is 1.29. The van der Waals surface area contributed by atoms with Gasteiger partial charge in [0, 0.05) is 92.8 Å². The van der Waals surface area contributed by atoms with Gasteiger partial charge in [-0.25, -0.2) is 17.2 Å². The zero-order valence-electron chi connectivity index (χ0n) is 26.2. The van der Waals surface area contributed by atoms with Crippen molar-refractivity contribution in [3.8, 4) is 0 Å². The number of fused-ring (bicyclic) bond motifs is 1. The fourth-order valence-corrected chi connectivity index (χ4v) is 8.13. The van der Waals surface area contributed by atoms with E-state index in [-0.39, 0.29) is 24.9 Å². The highest BCUT2D eigenvalue weighted by Crippen LogP contribution is 2.38. The lowest BCUT2D eigenvalue weighted by atomic mass is 9.84. The van der Waals surface area contributed by atoms with Crippen LogP contribution < -0.4 is 15.5 Å². The average molecular weight is 659 g/mol. The number of aromatic nitrogens is 2. The summed E-state index contributed by atoms with van der Waals surface area (Å²) in [6, 6.07) is 8.40. The number of halogens is 2. The summed E-state index contributed by atoms with van der Waals surface area (Å²) in [5, 5.41) is 13.8. The van der Waals surface area contributed by atoms with Crippen LogP contribution in [0.4, 0.5) is 26.0 Å². The lowest BCUT2D eigenvalue weighted by Crippen LogP contribution is -2.45. The monoisotopic (exact) mass is 658 g/mol. The van der Waals surface area contributed by atoms with E-state index in [9.17, 15) is 22.0 Å². The lowest BCUT2D eigenvalue weighted by molar-refractivity contribution is 0.0855. The highest BCUT2D eigenvalue weighted by molar-refractivity contribution is 7.89. The van der Waals surface area contributed by atoms with Gasteiger partial charge in [0.05, 0.1) is 10.5 Å². The number of nitrogens with zero attached hydrogens (tertiary/aromatic N) is 3. The number of H-pyrrole nitrogens is 1. The molecule has 0 spiro atoms. The van der Waals surface area contributed by atoms with Crippen LogP contribution in [0.15, 0.2) is 41.3 Å². The second kappa shape index (κ2) is 12.9. The molecule has 2 fully saturated rings. The molecule has 0 unspecified atom stereocenters. The first-order valence-electron chi connectivity index (χ1n) is 15.6. The number of hydrogen-bond donors (Lipinski definition) is 3. The van der Waals surface area contributed by atoms with Crippen LogP contribution in [0, 0.1) is 11.6 Å². The van der Waals surface area contributed by atoms with E-state index in [2.05, 4.69) is 32.8 Å². The Morgan fingerprint density at radius 2 is 1.67 bits per heavy atom. The summed E-state index contributed by atoms with van der Waals surface area (Å²) in [7, 11) is -2.22. The molecule has 1 aromatic heterocycles. The molecule has 3 aromatic rings. The average Bonchev–Trinajstić information content (AvgIpc) is 3.44. The summed E-state index contributed by atoms with van der Waals surface area (Å²) in [4.78, 5) is 15.7. The molecule has 2 aromatic carbocycles. The number of amides is 1. The molecule has 0 bridgehead atoms. The summed E-state index contributed by atoms with van der Waals surface area (Å²) >= 11 is 0. The molecular weight excluding hydrogens is 618 g/mol. The number of anilines is 3. The molecule has 3 aliphatic rings. The minimum absolute atomic E-state index is 0.0390. The van der Waals surface area contributed by atoms with Crippen molar-refractivity contribution >= 4 is 33.1 Å². The summed E-state index contributed by atoms with van der Waals surface area (Å²) in [6.07, 6.45) is 3.46. The Morgan fingerprint density at radius 1 is 1.02 bits per heavy atom. The fraction of sp³-hybridized carbons (Fsp3) is 0.500. The van der Waals surface area contributed by atoms with Crippen LogP contribution in [-0.4, -0.2) is 80.9 Å². The van der Waals surface area contributed by atoms with Crippen LogP contribution in [0.5, 0.6) is 0 Å². The van der Waals surface area contributed by atoms with Crippen LogP contribution in [-0.2, 0) is 31.5 Å².